The van der Waals surface area contributed by atoms with Crippen LogP contribution in [0.5, 0.6) is 0 Å². The number of aromatic nitrogens is 4. The summed E-state index contributed by atoms with van der Waals surface area (Å²) in [4.78, 5) is 13.2. The number of carbonyl (C=O) groups excluding carboxylic acids is 1. The van der Waals surface area contributed by atoms with Crippen molar-refractivity contribution in [3.63, 3.8) is 0 Å². The van der Waals surface area contributed by atoms with E-state index in [1.807, 2.05) is 37.3 Å². The Morgan fingerprint density at radius 1 is 0.967 bits per heavy atom. The Hall–Kier alpha value is -2.86. The van der Waals surface area contributed by atoms with Gasteiger partial charge in [0.15, 0.2) is 16.8 Å². The molecule has 5 nitrogen and oxygen atoms in total. The van der Waals surface area contributed by atoms with Crippen LogP contribution in [0.2, 0.25) is 0 Å². The molecule has 6 heteroatoms. The zero-order valence-electron chi connectivity index (χ0n) is 17.8. The second-order valence-electron chi connectivity index (χ2n) is 7.35. The molecule has 154 valence electrons. The van der Waals surface area contributed by atoms with Crippen molar-refractivity contribution in [3.8, 4) is 11.4 Å². The van der Waals surface area contributed by atoms with Crippen LogP contribution in [0.3, 0.4) is 0 Å². The monoisotopic (exact) mass is 418 g/mol. The molecule has 0 aliphatic rings. The maximum Gasteiger partial charge on any atom is 0.191 e. The fourth-order valence-corrected chi connectivity index (χ4v) is 4.95. The van der Waals surface area contributed by atoms with E-state index < -0.39 is 0 Å². The van der Waals surface area contributed by atoms with Crippen LogP contribution in [-0.4, -0.2) is 30.9 Å². The Bertz CT molecular complexity index is 1220. The Morgan fingerprint density at radius 2 is 1.73 bits per heavy atom. The van der Waals surface area contributed by atoms with E-state index in [4.69, 9.17) is 0 Å². The highest BCUT2D eigenvalue weighted by Gasteiger charge is 2.21. The van der Waals surface area contributed by atoms with Crippen molar-refractivity contribution in [2.45, 2.75) is 45.9 Å². The molecule has 0 bridgehead atoms. The molecular formula is C24H26N4OS. The lowest BCUT2D eigenvalue weighted by atomic mass is 10.1. The van der Waals surface area contributed by atoms with Crippen molar-refractivity contribution in [3.05, 3.63) is 65.4 Å². The van der Waals surface area contributed by atoms with Crippen LogP contribution in [-0.2, 0) is 13.1 Å². The van der Waals surface area contributed by atoms with Crippen LogP contribution < -0.4 is 0 Å². The summed E-state index contributed by atoms with van der Waals surface area (Å²) in [7, 11) is 0. The molecule has 0 radical (unpaired) electrons. The van der Waals surface area contributed by atoms with Crippen LogP contribution in [0, 0.1) is 13.8 Å². The summed E-state index contributed by atoms with van der Waals surface area (Å²) in [5.74, 6) is 1.31. The fourth-order valence-electron chi connectivity index (χ4n) is 4.07. The number of ketones is 1. The molecule has 0 fully saturated rings. The minimum absolute atomic E-state index is 0.128. The number of hydrogen-bond donors (Lipinski definition) is 0. The molecule has 4 aromatic rings. The van der Waals surface area contributed by atoms with Gasteiger partial charge in [-0.2, -0.15) is 0 Å². The van der Waals surface area contributed by atoms with Crippen LogP contribution in [0.1, 0.15) is 35.5 Å². The number of rotatable bonds is 7. The summed E-state index contributed by atoms with van der Waals surface area (Å²) in [6.07, 6.45) is 0. The van der Waals surface area contributed by atoms with Gasteiger partial charge in [-0.15, -0.1) is 10.2 Å². The Morgan fingerprint density at radius 3 is 2.47 bits per heavy atom. The highest BCUT2D eigenvalue weighted by molar-refractivity contribution is 7.99. The second-order valence-corrected chi connectivity index (χ2v) is 8.30. The normalized spacial score (nSPS) is 11.3. The minimum atomic E-state index is 0.128. The number of nitrogens with zero attached hydrogens (tertiary/aromatic N) is 4. The Kier molecular flexibility index (Phi) is 5.77. The maximum atomic E-state index is 13.2. The predicted octanol–water partition coefficient (Wildman–Crippen LogP) is 5.53. The summed E-state index contributed by atoms with van der Waals surface area (Å²) >= 11 is 1.46. The van der Waals surface area contributed by atoms with E-state index in [2.05, 4.69) is 58.3 Å². The van der Waals surface area contributed by atoms with E-state index in [1.165, 1.54) is 17.3 Å². The van der Waals surface area contributed by atoms with Gasteiger partial charge in [0.2, 0.25) is 0 Å². The van der Waals surface area contributed by atoms with Crippen molar-refractivity contribution in [2.24, 2.45) is 0 Å². The van der Waals surface area contributed by atoms with Crippen molar-refractivity contribution in [1.29, 1.82) is 0 Å². The summed E-state index contributed by atoms with van der Waals surface area (Å²) in [5.41, 5.74) is 5.20. The SMILES string of the molecule is CCn1c(SCC(=O)c2c(C)n(CC)c3ccccc23)nnc1-c1cccc(C)c1. The molecule has 0 aliphatic heterocycles. The van der Waals surface area contributed by atoms with Gasteiger partial charge in [0.25, 0.3) is 0 Å². The van der Waals surface area contributed by atoms with Crippen LogP contribution in [0.15, 0.2) is 53.7 Å². The summed E-state index contributed by atoms with van der Waals surface area (Å²) in [5, 5.41) is 10.6. The third kappa shape index (κ3) is 3.56. The molecule has 0 unspecified atom stereocenters. The standard InChI is InChI=1S/C24H26N4OS/c1-5-27-17(4)22(19-12-7-8-13-20(19)27)21(29)15-30-24-26-25-23(28(24)6-2)18-11-9-10-16(3)14-18/h7-14H,5-6,15H2,1-4H3. The van der Waals surface area contributed by atoms with E-state index in [1.54, 1.807) is 0 Å². The molecule has 0 amide bonds. The quantitative estimate of drug-likeness (QED) is 0.292. The molecule has 0 saturated carbocycles. The van der Waals surface area contributed by atoms with E-state index >= 15 is 0 Å². The molecule has 0 aliphatic carbocycles. The molecule has 30 heavy (non-hydrogen) atoms. The van der Waals surface area contributed by atoms with Gasteiger partial charge in [-0.05, 0) is 39.8 Å². The molecule has 0 N–H and O–H groups in total. The Balaban J connectivity index is 1.61. The van der Waals surface area contributed by atoms with E-state index in [0.29, 0.717) is 5.75 Å². The number of carbonyl (C=O) groups is 1. The van der Waals surface area contributed by atoms with Crippen molar-refractivity contribution >= 4 is 28.4 Å². The van der Waals surface area contributed by atoms with Gasteiger partial charge in [0.05, 0.1) is 5.75 Å². The molecule has 0 spiro atoms. The number of Topliss-reactive ketones (excluding diaryl/α,β-unsaturated/α-hetero) is 1. The van der Waals surface area contributed by atoms with Gasteiger partial charge in [-0.3, -0.25) is 4.79 Å². The Labute approximate surface area is 181 Å². The first-order valence-electron chi connectivity index (χ1n) is 10.3. The van der Waals surface area contributed by atoms with Gasteiger partial charge in [-0.1, -0.05) is 53.7 Å². The predicted molar refractivity (Wildman–Crippen MR) is 123 cm³/mol. The zero-order chi connectivity index (χ0) is 21.3. The summed E-state index contributed by atoms with van der Waals surface area (Å²) in [6, 6.07) is 16.4. The molecule has 2 heterocycles. The van der Waals surface area contributed by atoms with Crippen LogP contribution in [0.25, 0.3) is 22.3 Å². The average Bonchev–Trinajstić information content (AvgIpc) is 3.29. The average molecular weight is 419 g/mol. The smallest absolute Gasteiger partial charge is 0.191 e. The fraction of sp³-hybridized carbons (Fsp3) is 0.292. The third-order valence-electron chi connectivity index (χ3n) is 5.47. The lowest BCUT2D eigenvalue weighted by Crippen LogP contribution is -2.07. The number of aryl methyl sites for hydroxylation is 2. The van der Waals surface area contributed by atoms with Crippen molar-refractivity contribution in [1.82, 2.24) is 19.3 Å². The van der Waals surface area contributed by atoms with Gasteiger partial charge in [-0.25, -0.2) is 0 Å². The van der Waals surface area contributed by atoms with Crippen LogP contribution >= 0.6 is 11.8 Å². The van der Waals surface area contributed by atoms with Gasteiger partial charge < -0.3 is 9.13 Å². The maximum absolute atomic E-state index is 13.2. The first-order chi connectivity index (χ1) is 14.5. The molecule has 2 aromatic carbocycles. The van der Waals surface area contributed by atoms with Gasteiger partial charge >= 0.3 is 0 Å². The number of para-hydroxylation sites is 1. The molecule has 0 saturated heterocycles. The van der Waals surface area contributed by atoms with E-state index in [9.17, 15) is 4.79 Å². The summed E-state index contributed by atoms with van der Waals surface area (Å²) < 4.78 is 4.28. The molecular weight excluding hydrogens is 392 g/mol. The first kappa shape index (κ1) is 20.4. The minimum Gasteiger partial charge on any atom is -0.344 e. The van der Waals surface area contributed by atoms with E-state index in [-0.39, 0.29) is 5.78 Å². The molecule has 2 aromatic heterocycles. The second kappa shape index (κ2) is 8.48. The van der Waals surface area contributed by atoms with Crippen molar-refractivity contribution < 1.29 is 4.79 Å². The number of fused-ring (bicyclic) bond motifs is 1. The van der Waals surface area contributed by atoms with E-state index in [0.717, 1.165) is 51.8 Å². The lowest BCUT2D eigenvalue weighted by molar-refractivity contribution is 0.102. The van der Waals surface area contributed by atoms with Crippen LogP contribution in [0.4, 0.5) is 0 Å². The highest BCUT2D eigenvalue weighted by atomic mass is 32.2. The largest absolute Gasteiger partial charge is 0.344 e. The zero-order valence-corrected chi connectivity index (χ0v) is 18.7. The topological polar surface area (TPSA) is 52.7 Å². The lowest BCUT2D eigenvalue weighted by Gasteiger charge is -2.08. The van der Waals surface area contributed by atoms with Gasteiger partial charge in [0, 0.05) is 40.8 Å². The highest BCUT2D eigenvalue weighted by Crippen LogP contribution is 2.29. The van der Waals surface area contributed by atoms with Crippen molar-refractivity contribution in [2.75, 3.05) is 5.75 Å². The number of thioether (sulfide) groups is 1. The first-order valence-corrected chi connectivity index (χ1v) is 11.3. The third-order valence-corrected chi connectivity index (χ3v) is 6.43. The molecule has 0 atom stereocenters. The summed E-state index contributed by atoms with van der Waals surface area (Å²) in [6.45, 7) is 9.88. The molecule has 4 rings (SSSR count). The number of benzene rings is 2. The number of hydrogen-bond acceptors (Lipinski definition) is 4. The van der Waals surface area contributed by atoms with Gasteiger partial charge in [0.1, 0.15) is 0 Å².